The number of ether oxygens (including phenoxy) is 1. The standard InChI is InChI=1S/C21H30Br2O2/c1-3-5-6-7-8-9-10-11-12-13-14-17-15-16-18(21(23)20(17)22)25-19(24)4-2/h4,15-16H,2-3,5-14H2,1H3. The summed E-state index contributed by atoms with van der Waals surface area (Å²) in [4.78, 5) is 11.3. The Bertz CT molecular complexity index is 541. The molecule has 0 aliphatic rings. The van der Waals surface area contributed by atoms with Crippen molar-refractivity contribution in [1.29, 1.82) is 0 Å². The monoisotopic (exact) mass is 472 g/mol. The van der Waals surface area contributed by atoms with Crippen molar-refractivity contribution in [2.24, 2.45) is 0 Å². The molecular formula is C21H30Br2O2. The molecule has 0 aliphatic carbocycles. The maximum absolute atomic E-state index is 11.3. The van der Waals surface area contributed by atoms with Crippen LogP contribution >= 0.6 is 31.9 Å². The normalized spacial score (nSPS) is 10.7. The fourth-order valence-electron chi connectivity index (χ4n) is 2.80. The minimum atomic E-state index is -0.449. The number of carbonyl (C=O) groups is 1. The molecule has 0 heterocycles. The number of hydrogen-bond acceptors (Lipinski definition) is 2. The van der Waals surface area contributed by atoms with E-state index in [9.17, 15) is 4.79 Å². The first-order chi connectivity index (χ1) is 12.1. The molecule has 0 amide bonds. The Balaban J connectivity index is 2.26. The Hall–Kier alpha value is -0.610. The predicted octanol–water partition coefficient (Wildman–Crippen LogP) is 7.77. The zero-order valence-electron chi connectivity index (χ0n) is 15.3. The number of hydrogen-bond donors (Lipinski definition) is 0. The fraction of sp³-hybridized carbons (Fsp3) is 0.571. The van der Waals surface area contributed by atoms with Gasteiger partial charge in [0.05, 0.1) is 4.47 Å². The Morgan fingerprint density at radius 2 is 1.52 bits per heavy atom. The highest BCUT2D eigenvalue weighted by Crippen LogP contribution is 2.36. The van der Waals surface area contributed by atoms with Gasteiger partial charge in [-0.2, -0.15) is 0 Å². The summed E-state index contributed by atoms with van der Waals surface area (Å²) in [5, 5.41) is 0. The van der Waals surface area contributed by atoms with Crippen LogP contribution in [0.25, 0.3) is 0 Å². The lowest BCUT2D eigenvalue weighted by Crippen LogP contribution is -2.04. The third-order valence-corrected chi connectivity index (χ3v) is 6.53. The van der Waals surface area contributed by atoms with Crippen LogP contribution in [0.2, 0.25) is 0 Å². The van der Waals surface area contributed by atoms with E-state index in [1.54, 1.807) is 0 Å². The van der Waals surface area contributed by atoms with Crippen molar-refractivity contribution in [2.45, 2.75) is 77.6 Å². The van der Waals surface area contributed by atoms with Crippen molar-refractivity contribution in [3.8, 4) is 5.75 Å². The highest BCUT2D eigenvalue weighted by Gasteiger charge is 2.12. The van der Waals surface area contributed by atoms with Crippen molar-refractivity contribution in [3.05, 3.63) is 39.3 Å². The molecule has 0 fully saturated rings. The fourth-order valence-corrected chi connectivity index (χ4v) is 3.79. The second-order valence-electron chi connectivity index (χ2n) is 6.41. The maximum Gasteiger partial charge on any atom is 0.335 e. The second kappa shape index (κ2) is 13.6. The van der Waals surface area contributed by atoms with Gasteiger partial charge in [-0.05, 0) is 56.3 Å². The number of benzene rings is 1. The molecule has 0 radical (unpaired) electrons. The molecule has 1 aromatic rings. The van der Waals surface area contributed by atoms with Gasteiger partial charge in [0.15, 0.2) is 0 Å². The van der Waals surface area contributed by atoms with Gasteiger partial charge < -0.3 is 4.74 Å². The lowest BCUT2D eigenvalue weighted by Gasteiger charge is -2.10. The van der Waals surface area contributed by atoms with Gasteiger partial charge in [-0.3, -0.25) is 0 Å². The van der Waals surface area contributed by atoms with E-state index < -0.39 is 5.97 Å². The lowest BCUT2D eigenvalue weighted by atomic mass is 10.0. The van der Waals surface area contributed by atoms with E-state index in [1.165, 1.54) is 69.8 Å². The van der Waals surface area contributed by atoms with E-state index in [2.05, 4.69) is 45.4 Å². The van der Waals surface area contributed by atoms with Gasteiger partial charge in [-0.15, -0.1) is 0 Å². The molecule has 0 aliphatic heterocycles. The number of halogens is 2. The van der Waals surface area contributed by atoms with Gasteiger partial charge in [-0.25, -0.2) is 4.79 Å². The number of carbonyl (C=O) groups excluding carboxylic acids is 1. The molecular weight excluding hydrogens is 444 g/mol. The highest BCUT2D eigenvalue weighted by molar-refractivity contribution is 9.13. The number of aryl methyl sites for hydroxylation is 1. The molecule has 140 valence electrons. The SMILES string of the molecule is C=CC(=O)Oc1ccc(CCCCCCCCCCCC)c(Br)c1Br. The molecule has 0 atom stereocenters. The maximum atomic E-state index is 11.3. The first-order valence-corrected chi connectivity index (χ1v) is 11.0. The molecule has 1 aromatic carbocycles. The Labute approximate surface area is 169 Å². The quantitative estimate of drug-likeness (QED) is 0.126. The van der Waals surface area contributed by atoms with Crippen molar-refractivity contribution in [1.82, 2.24) is 0 Å². The van der Waals surface area contributed by atoms with Crippen molar-refractivity contribution in [2.75, 3.05) is 0 Å². The molecule has 0 spiro atoms. The van der Waals surface area contributed by atoms with Gasteiger partial charge in [0.1, 0.15) is 5.75 Å². The van der Waals surface area contributed by atoms with Crippen molar-refractivity contribution >= 4 is 37.8 Å². The van der Waals surface area contributed by atoms with Crippen LogP contribution in [0.15, 0.2) is 33.7 Å². The van der Waals surface area contributed by atoms with E-state index in [1.807, 2.05) is 12.1 Å². The third-order valence-electron chi connectivity index (χ3n) is 4.30. The zero-order valence-corrected chi connectivity index (χ0v) is 18.5. The predicted molar refractivity (Wildman–Crippen MR) is 113 cm³/mol. The van der Waals surface area contributed by atoms with Crippen LogP contribution in [0, 0.1) is 0 Å². The first-order valence-electron chi connectivity index (χ1n) is 9.41. The van der Waals surface area contributed by atoms with Gasteiger partial charge in [0.2, 0.25) is 0 Å². The van der Waals surface area contributed by atoms with E-state index in [0.717, 1.165) is 21.4 Å². The van der Waals surface area contributed by atoms with E-state index >= 15 is 0 Å². The molecule has 0 bridgehead atoms. The second-order valence-corrected chi connectivity index (χ2v) is 7.99. The number of esters is 1. The number of unbranched alkanes of at least 4 members (excludes halogenated alkanes) is 9. The van der Waals surface area contributed by atoms with Crippen LogP contribution in [-0.2, 0) is 11.2 Å². The van der Waals surface area contributed by atoms with Gasteiger partial charge in [0.25, 0.3) is 0 Å². The average Bonchev–Trinajstić information content (AvgIpc) is 2.62. The number of rotatable bonds is 13. The average molecular weight is 474 g/mol. The molecule has 0 saturated heterocycles. The van der Waals surface area contributed by atoms with E-state index in [0.29, 0.717) is 5.75 Å². The van der Waals surface area contributed by atoms with Crippen LogP contribution in [0.1, 0.15) is 76.7 Å². The summed E-state index contributed by atoms with van der Waals surface area (Å²) in [6.07, 6.45) is 15.6. The largest absolute Gasteiger partial charge is 0.422 e. The van der Waals surface area contributed by atoms with Crippen LogP contribution in [0.4, 0.5) is 0 Å². The van der Waals surface area contributed by atoms with Gasteiger partial charge >= 0.3 is 5.97 Å². The van der Waals surface area contributed by atoms with E-state index in [4.69, 9.17) is 4.74 Å². The molecule has 25 heavy (non-hydrogen) atoms. The molecule has 4 heteroatoms. The topological polar surface area (TPSA) is 26.3 Å². The van der Waals surface area contributed by atoms with Crippen molar-refractivity contribution in [3.63, 3.8) is 0 Å². The van der Waals surface area contributed by atoms with Crippen LogP contribution < -0.4 is 4.74 Å². The van der Waals surface area contributed by atoms with E-state index in [-0.39, 0.29) is 0 Å². The van der Waals surface area contributed by atoms with Crippen LogP contribution in [0.5, 0.6) is 5.75 Å². The minimum Gasteiger partial charge on any atom is -0.422 e. The molecule has 1 rings (SSSR count). The highest BCUT2D eigenvalue weighted by atomic mass is 79.9. The minimum absolute atomic E-state index is 0.449. The smallest absolute Gasteiger partial charge is 0.335 e. The molecule has 0 saturated carbocycles. The van der Waals surface area contributed by atoms with Crippen LogP contribution in [-0.4, -0.2) is 5.97 Å². The summed E-state index contributed by atoms with van der Waals surface area (Å²) >= 11 is 7.10. The molecule has 2 nitrogen and oxygen atoms in total. The summed E-state index contributed by atoms with van der Waals surface area (Å²) < 4.78 is 6.96. The van der Waals surface area contributed by atoms with Gasteiger partial charge in [-0.1, -0.05) is 77.4 Å². The van der Waals surface area contributed by atoms with Crippen molar-refractivity contribution < 1.29 is 9.53 Å². The lowest BCUT2D eigenvalue weighted by molar-refractivity contribution is -0.129. The summed E-state index contributed by atoms with van der Waals surface area (Å²) in [5.74, 6) is 0.0682. The Kier molecular flexibility index (Phi) is 12.2. The summed E-state index contributed by atoms with van der Waals surface area (Å²) in [6.45, 7) is 5.68. The third kappa shape index (κ3) is 9.05. The Morgan fingerprint density at radius 3 is 2.08 bits per heavy atom. The summed E-state index contributed by atoms with van der Waals surface area (Å²) in [5.41, 5.74) is 1.24. The first kappa shape index (κ1) is 22.4. The molecule has 0 unspecified atom stereocenters. The molecule has 0 N–H and O–H groups in total. The summed E-state index contributed by atoms with van der Waals surface area (Å²) in [7, 11) is 0. The summed E-state index contributed by atoms with van der Waals surface area (Å²) in [6, 6.07) is 3.86. The molecule has 0 aromatic heterocycles. The zero-order chi connectivity index (χ0) is 18.5. The van der Waals surface area contributed by atoms with Gasteiger partial charge in [0, 0.05) is 10.5 Å². The van der Waals surface area contributed by atoms with Crippen LogP contribution in [0.3, 0.4) is 0 Å². The Morgan fingerprint density at radius 1 is 0.960 bits per heavy atom.